The van der Waals surface area contributed by atoms with E-state index < -0.39 is 0 Å². The van der Waals surface area contributed by atoms with Gasteiger partial charge >= 0.3 is 0 Å². The highest BCUT2D eigenvalue weighted by Crippen LogP contribution is 2.32. The van der Waals surface area contributed by atoms with Crippen molar-refractivity contribution in [1.29, 1.82) is 0 Å². The van der Waals surface area contributed by atoms with E-state index in [1.807, 2.05) is 6.20 Å². The average molecular weight is 226 g/mol. The molecule has 0 aliphatic carbocycles. The standard InChI is InChI=1S/C8H10N4S2/c1-5(13-2)8-9-3-6(14-8)7-10-4-11-12-7/h3-5H,1-2H3,(H,10,11,12). The number of hydrogen-bond donors (Lipinski definition) is 1. The maximum Gasteiger partial charge on any atom is 0.167 e. The molecule has 0 aliphatic heterocycles. The molecule has 2 rings (SSSR count). The van der Waals surface area contributed by atoms with Crippen molar-refractivity contribution in [3.8, 4) is 10.7 Å². The lowest BCUT2D eigenvalue weighted by Crippen LogP contribution is -1.82. The van der Waals surface area contributed by atoms with Crippen LogP contribution in [0.25, 0.3) is 10.7 Å². The van der Waals surface area contributed by atoms with Crippen LogP contribution >= 0.6 is 23.1 Å². The van der Waals surface area contributed by atoms with Gasteiger partial charge < -0.3 is 0 Å². The zero-order chi connectivity index (χ0) is 9.97. The van der Waals surface area contributed by atoms with Crippen molar-refractivity contribution >= 4 is 23.1 Å². The monoisotopic (exact) mass is 226 g/mol. The Kier molecular flexibility index (Phi) is 2.83. The molecule has 1 unspecified atom stereocenters. The Balaban J connectivity index is 2.26. The van der Waals surface area contributed by atoms with Crippen LogP contribution in [0.15, 0.2) is 12.5 Å². The minimum Gasteiger partial charge on any atom is -0.259 e. The van der Waals surface area contributed by atoms with E-state index in [2.05, 4.69) is 33.3 Å². The second-order valence-electron chi connectivity index (χ2n) is 2.77. The first-order valence-corrected chi connectivity index (χ1v) is 6.26. The molecule has 0 fully saturated rings. The molecule has 6 heteroatoms. The Bertz CT molecular complexity index is 395. The molecule has 14 heavy (non-hydrogen) atoms. The molecule has 0 amide bonds. The SMILES string of the molecule is CSC(C)c1ncc(-c2ncn[nH]2)s1. The number of nitrogens with zero attached hydrogens (tertiary/aromatic N) is 3. The topological polar surface area (TPSA) is 54.5 Å². The summed E-state index contributed by atoms with van der Waals surface area (Å²) in [7, 11) is 0. The Morgan fingerprint density at radius 3 is 3.00 bits per heavy atom. The van der Waals surface area contributed by atoms with Crippen molar-refractivity contribution in [2.45, 2.75) is 12.2 Å². The van der Waals surface area contributed by atoms with Gasteiger partial charge in [-0.25, -0.2) is 9.97 Å². The molecule has 0 spiro atoms. The van der Waals surface area contributed by atoms with Gasteiger partial charge in [-0.15, -0.1) is 11.3 Å². The smallest absolute Gasteiger partial charge is 0.167 e. The maximum atomic E-state index is 4.35. The van der Waals surface area contributed by atoms with Crippen LogP contribution in [-0.2, 0) is 0 Å². The predicted octanol–water partition coefficient (Wildman–Crippen LogP) is 2.35. The van der Waals surface area contributed by atoms with E-state index in [-0.39, 0.29) is 0 Å². The van der Waals surface area contributed by atoms with Crippen LogP contribution < -0.4 is 0 Å². The summed E-state index contributed by atoms with van der Waals surface area (Å²) in [6.45, 7) is 2.15. The fraction of sp³-hybridized carbons (Fsp3) is 0.375. The molecule has 0 saturated heterocycles. The first-order chi connectivity index (χ1) is 6.81. The van der Waals surface area contributed by atoms with Crippen LogP contribution in [0, 0.1) is 0 Å². The van der Waals surface area contributed by atoms with Gasteiger partial charge in [0.1, 0.15) is 11.3 Å². The van der Waals surface area contributed by atoms with E-state index in [1.54, 1.807) is 23.1 Å². The third kappa shape index (κ3) is 1.80. The van der Waals surface area contributed by atoms with Gasteiger partial charge in [-0.3, -0.25) is 5.10 Å². The Morgan fingerprint density at radius 2 is 2.36 bits per heavy atom. The molecule has 0 bridgehead atoms. The highest BCUT2D eigenvalue weighted by atomic mass is 32.2. The largest absolute Gasteiger partial charge is 0.259 e. The Labute approximate surface area is 90.2 Å². The van der Waals surface area contributed by atoms with Gasteiger partial charge in [-0.2, -0.15) is 16.9 Å². The van der Waals surface area contributed by atoms with E-state index in [0.717, 1.165) is 15.7 Å². The maximum absolute atomic E-state index is 4.35. The van der Waals surface area contributed by atoms with Crippen molar-refractivity contribution in [3.63, 3.8) is 0 Å². The van der Waals surface area contributed by atoms with E-state index in [4.69, 9.17) is 0 Å². The predicted molar refractivity (Wildman–Crippen MR) is 59.4 cm³/mol. The number of thiazole rings is 1. The molecular weight excluding hydrogens is 216 g/mol. The first-order valence-electron chi connectivity index (χ1n) is 4.15. The zero-order valence-corrected chi connectivity index (χ0v) is 9.52. The van der Waals surface area contributed by atoms with Crippen LogP contribution in [0.2, 0.25) is 0 Å². The molecule has 0 radical (unpaired) electrons. The van der Waals surface area contributed by atoms with Gasteiger partial charge in [0.15, 0.2) is 5.82 Å². The third-order valence-electron chi connectivity index (χ3n) is 1.87. The van der Waals surface area contributed by atoms with Crippen molar-refractivity contribution in [2.75, 3.05) is 6.26 Å². The molecule has 2 aromatic rings. The lowest BCUT2D eigenvalue weighted by Gasteiger charge is -2.00. The van der Waals surface area contributed by atoms with E-state index in [9.17, 15) is 0 Å². The number of nitrogens with one attached hydrogen (secondary N) is 1. The lowest BCUT2D eigenvalue weighted by atomic mass is 10.5. The minimum atomic E-state index is 0.441. The number of rotatable bonds is 3. The van der Waals surface area contributed by atoms with Gasteiger partial charge in [0.25, 0.3) is 0 Å². The molecule has 74 valence electrons. The van der Waals surface area contributed by atoms with Crippen molar-refractivity contribution < 1.29 is 0 Å². The summed E-state index contributed by atoms with van der Waals surface area (Å²) in [5, 5.41) is 8.21. The minimum absolute atomic E-state index is 0.441. The Hall–Kier alpha value is -0.880. The summed E-state index contributed by atoms with van der Waals surface area (Å²) in [6.07, 6.45) is 5.43. The molecule has 1 atom stereocenters. The summed E-state index contributed by atoms with van der Waals surface area (Å²) in [4.78, 5) is 9.47. The molecule has 2 heterocycles. The molecular formula is C8H10N4S2. The number of aromatic amines is 1. The second-order valence-corrected chi connectivity index (χ2v) is 5.02. The normalized spacial score (nSPS) is 13.0. The highest BCUT2D eigenvalue weighted by molar-refractivity contribution is 7.98. The van der Waals surface area contributed by atoms with E-state index >= 15 is 0 Å². The average Bonchev–Trinajstić information content (AvgIpc) is 2.86. The number of aromatic nitrogens is 4. The van der Waals surface area contributed by atoms with Crippen LogP contribution in [0.1, 0.15) is 17.2 Å². The van der Waals surface area contributed by atoms with Crippen LogP contribution in [0.3, 0.4) is 0 Å². The Morgan fingerprint density at radius 1 is 1.50 bits per heavy atom. The first kappa shape index (κ1) is 9.67. The second kappa shape index (κ2) is 4.10. The van der Waals surface area contributed by atoms with E-state index in [1.165, 1.54) is 6.33 Å². The van der Waals surface area contributed by atoms with Crippen molar-refractivity contribution in [1.82, 2.24) is 20.2 Å². The fourth-order valence-electron chi connectivity index (χ4n) is 1.01. The molecule has 0 saturated carbocycles. The summed E-state index contributed by atoms with van der Waals surface area (Å²) < 4.78 is 0. The number of thioether (sulfide) groups is 1. The van der Waals surface area contributed by atoms with Gasteiger partial charge in [0.05, 0.1) is 10.1 Å². The molecule has 4 nitrogen and oxygen atoms in total. The number of H-pyrrole nitrogens is 1. The quantitative estimate of drug-likeness (QED) is 0.873. The van der Waals surface area contributed by atoms with Gasteiger partial charge in [-0.1, -0.05) is 0 Å². The van der Waals surface area contributed by atoms with Crippen LogP contribution in [-0.4, -0.2) is 26.4 Å². The van der Waals surface area contributed by atoms with Gasteiger partial charge in [0, 0.05) is 6.20 Å². The summed E-state index contributed by atoms with van der Waals surface area (Å²) in [6, 6.07) is 0. The lowest BCUT2D eigenvalue weighted by molar-refractivity contribution is 1.06. The van der Waals surface area contributed by atoms with Crippen LogP contribution in [0.4, 0.5) is 0 Å². The molecule has 0 aromatic carbocycles. The summed E-state index contributed by atoms with van der Waals surface area (Å²) in [5.41, 5.74) is 0. The van der Waals surface area contributed by atoms with E-state index in [0.29, 0.717) is 5.25 Å². The highest BCUT2D eigenvalue weighted by Gasteiger charge is 2.11. The fourth-order valence-corrected chi connectivity index (χ4v) is 2.50. The van der Waals surface area contributed by atoms with Gasteiger partial charge in [-0.05, 0) is 13.2 Å². The molecule has 2 aromatic heterocycles. The zero-order valence-electron chi connectivity index (χ0n) is 7.89. The molecule has 0 aliphatic rings. The van der Waals surface area contributed by atoms with Crippen molar-refractivity contribution in [2.24, 2.45) is 0 Å². The van der Waals surface area contributed by atoms with Crippen molar-refractivity contribution in [3.05, 3.63) is 17.5 Å². The van der Waals surface area contributed by atoms with Gasteiger partial charge in [0.2, 0.25) is 0 Å². The summed E-state index contributed by atoms with van der Waals surface area (Å²) in [5.74, 6) is 0.794. The molecule has 1 N–H and O–H groups in total. The third-order valence-corrected chi connectivity index (χ3v) is 4.14. The summed E-state index contributed by atoms with van der Waals surface area (Å²) >= 11 is 3.45. The van der Waals surface area contributed by atoms with Crippen LogP contribution in [0.5, 0.6) is 0 Å². The number of hydrogen-bond acceptors (Lipinski definition) is 5.